The molecule has 0 bridgehead atoms. The smallest absolute Gasteiger partial charge is 0.358 e. The van der Waals surface area contributed by atoms with Gasteiger partial charge in [0.2, 0.25) is 5.75 Å². The largest absolute Gasteiger partial charge is 0.459 e. The third-order valence-corrected chi connectivity index (χ3v) is 3.90. The summed E-state index contributed by atoms with van der Waals surface area (Å²) in [4.78, 5) is 37.0. The molecule has 0 unspecified atom stereocenters. The number of halogens is 1. The SMILES string of the molecule is CC(=O)OCc1nc(Br)ccc1OOC(=O)C1CCCCC1. The van der Waals surface area contributed by atoms with Crippen LogP contribution in [0.15, 0.2) is 16.7 Å². The maximum Gasteiger partial charge on any atom is 0.358 e. The lowest BCUT2D eigenvalue weighted by Crippen LogP contribution is -2.22. The monoisotopic (exact) mass is 371 g/mol. The summed E-state index contributed by atoms with van der Waals surface area (Å²) in [6, 6.07) is 3.26. The summed E-state index contributed by atoms with van der Waals surface area (Å²) in [6.07, 6.45) is 4.91. The maximum atomic E-state index is 12.0. The molecule has 22 heavy (non-hydrogen) atoms. The van der Waals surface area contributed by atoms with E-state index >= 15 is 0 Å². The minimum atomic E-state index is -0.424. The van der Waals surface area contributed by atoms with Crippen LogP contribution in [0.25, 0.3) is 0 Å². The zero-order valence-corrected chi connectivity index (χ0v) is 13.9. The second-order valence-electron chi connectivity index (χ2n) is 5.18. The predicted molar refractivity (Wildman–Crippen MR) is 80.7 cm³/mol. The lowest BCUT2D eigenvalue weighted by molar-refractivity contribution is -0.220. The van der Waals surface area contributed by atoms with Gasteiger partial charge in [0.1, 0.15) is 16.9 Å². The molecule has 120 valence electrons. The van der Waals surface area contributed by atoms with Crippen molar-refractivity contribution in [1.29, 1.82) is 0 Å². The quantitative estimate of drug-likeness (QED) is 0.342. The van der Waals surface area contributed by atoms with Crippen molar-refractivity contribution >= 4 is 27.9 Å². The number of hydrogen-bond acceptors (Lipinski definition) is 6. The molecule has 1 aromatic heterocycles. The molecule has 2 rings (SSSR count). The molecule has 0 N–H and O–H groups in total. The average molecular weight is 372 g/mol. The number of rotatable bonds is 5. The first-order valence-corrected chi connectivity index (χ1v) is 8.02. The molecule has 0 amide bonds. The zero-order valence-electron chi connectivity index (χ0n) is 12.3. The van der Waals surface area contributed by atoms with E-state index in [1.807, 2.05) is 0 Å². The minimum Gasteiger partial charge on any atom is -0.459 e. The summed E-state index contributed by atoms with van der Waals surface area (Å²) in [7, 11) is 0. The van der Waals surface area contributed by atoms with Crippen LogP contribution in [-0.4, -0.2) is 16.9 Å². The first kappa shape index (κ1) is 16.7. The Morgan fingerprint density at radius 1 is 1.27 bits per heavy atom. The highest BCUT2D eigenvalue weighted by Gasteiger charge is 2.24. The van der Waals surface area contributed by atoms with Crippen molar-refractivity contribution in [1.82, 2.24) is 4.98 Å². The average Bonchev–Trinajstić information content (AvgIpc) is 2.52. The number of ether oxygens (including phenoxy) is 1. The molecule has 0 aliphatic heterocycles. The van der Waals surface area contributed by atoms with Gasteiger partial charge in [0.25, 0.3) is 0 Å². The van der Waals surface area contributed by atoms with E-state index in [1.54, 1.807) is 12.1 Å². The van der Waals surface area contributed by atoms with Crippen LogP contribution in [0.2, 0.25) is 0 Å². The van der Waals surface area contributed by atoms with Gasteiger partial charge in [0, 0.05) is 6.92 Å². The number of carbonyl (C=O) groups is 2. The molecule has 0 saturated heterocycles. The fraction of sp³-hybridized carbons (Fsp3) is 0.533. The van der Waals surface area contributed by atoms with Crippen LogP contribution in [0.5, 0.6) is 5.75 Å². The van der Waals surface area contributed by atoms with E-state index in [2.05, 4.69) is 20.9 Å². The highest BCUT2D eigenvalue weighted by molar-refractivity contribution is 9.10. The van der Waals surface area contributed by atoms with Crippen molar-refractivity contribution < 1.29 is 24.1 Å². The van der Waals surface area contributed by atoms with Crippen molar-refractivity contribution in [2.75, 3.05) is 0 Å². The van der Waals surface area contributed by atoms with Crippen molar-refractivity contribution in [3.8, 4) is 5.75 Å². The van der Waals surface area contributed by atoms with Crippen molar-refractivity contribution in [2.24, 2.45) is 5.92 Å². The van der Waals surface area contributed by atoms with Crippen molar-refractivity contribution in [3.05, 3.63) is 22.4 Å². The molecule has 1 aromatic rings. The van der Waals surface area contributed by atoms with Crippen molar-refractivity contribution in [2.45, 2.75) is 45.6 Å². The van der Waals surface area contributed by atoms with E-state index in [-0.39, 0.29) is 24.2 Å². The number of nitrogens with zero attached hydrogens (tertiary/aromatic N) is 1. The first-order chi connectivity index (χ1) is 10.6. The standard InChI is InChI=1S/C15H18BrNO5/c1-10(18)20-9-12-13(7-8-14(16)17-12)21-22-15(19)11-5-3-2-4-6-11/h7-8,11H,2-6,9H2,1H3. The topological polar surface area (TPSA) is 74.7 Å². The van der Waals surface area contributed by atoms with E-state index in [1.165, 1.54) is 6.92 Å². The van der Waals surface area contributed by atoms with Gasteiger partial charge in [-0.2, -0.15) is 0 Å². The summed E-state index contributed by atoms with van der Waals surface area (Å²) >= 11 is 3.23. The Bertz CT molecular complexity index is 543. The summed E-state index contributed by atoms with van der Waals surface area (Å²) in [6.45, 7) is 1.26. The van der Waals surface area contributed by atoms with Crippen LogP contribution in [0.4, 0.5) is 0 Å². The van der Waals surface area contributed by atoms with Gasteiger partial charge in [0.05, 0.1) is 5.92 Å². The number of hydrogen-bond donors (Lipinski definition) is 0. The Morgan fingerprint density at radius 3 is 2.68 bits per heavy atom. The lowest BCUT2D eigenvalue weighted by Gasteiger charge is -2.19. The van der Waals surface area contributed by atoms with Gasteiger partial charge in [-0.15, -0.1) is 0 Å². The highest BCUT2D eigenvalue weighted by atomic mass is 79.9. The summed E-state index contributed by atoms with van der Waals surface area (Å²) in [5, 5.41) is 0. The molecule has 0 atom stereocenters. The summed E-state index contributed by atoms with van der Waals surface area (Å²) in [5.41, 5.74) is 0.376. The molecule has 1 fully saturated rings. The molecule has 6 nitrogen and oxygen atoms in total. The number of carbonyl (C=O) groups excluding carboxylic acids is 2. The lowest BCUT2D eigenvalue weighted by atomic mass is 9.89. The predicted octanol–water partition coefficient (Wildman–Crippen LogP) is 3.32. The van der Waals surface area contributed by atoms with Crippen LogP contribution in [0.3, 0.4) is 0 Å². The molecule has 0 aromatic carbocycles. The molecule has 7 heteroatoms. The van der Waals surface area contributed by atoms with E-state index in [9.17, 15) is 9.59 Å². The number of aromatic nitrogens is 1. The van der Waals surface area contributed by atoms with Gasteiger partial charge >= 0.3 is 11.9 Å². The molecule has 1 heterocycles. The highest BCUT2D eigenvalue weighted by Crippen LogP contribution is 2.26. The number of esters is 1. The first-order valence-electron chi connectivity index (χ1n) is 7.23. The zero-order chi connectivity index (χ0) is 15.9. The Labute approximate surface area is 137 Å². The second kappa shape index (κ2) is 8.12. The Morgan fingerprint density at radius 2 is 2.00 bits per heavy atom. The van der Waals surface area contributed by atoms with Crippen LogP contribution >= 0.6 is 15.9 Å². The van der Waals surface area contributed by atoms with Gasteiger partial charge in [-0.3, -0.25) is 14.6 Å². The van der Waals surface area contributed by atoms with Crippen LogP contribution in [0, 0.1) is 5.92 Å². The fourth-order valence-electron chi connectivity index (χ4n) is 2.30. The van der Waals surface area contributed by atoms with Crippen LogP contribution < -0.4 is 4.89 Å². The van der Waals surface area contributed by atoms with E-state index in [0.717, 1.165) is 32.1 Å². The van der Waals surface area contributed by atoms with Gasteiger partial charge in [-0.1, -0.05) is 19.3 Å². The second-order valence-corrected chi connectivity index (χ2v) is 5.99. The summed E-state index contributed by atoms with van der Waals surface area (Å²) in [5.74, 6) is -0.629. The summed E-state index contributed by atoms with van der Waals surface area (Å²) < 4.78 is 5.47. The third kappa shape index (κ3) is 4.98. The molecule has 1 aliphatic rings. The van der Waals surface area contributed by atoms with Gasteiger partial charge in [0.15, 0.2) is 0 Å². The molecular formula is C15H18BrNO5. The normalized spacial score (nSPS) is 15.2. The fourth-order valence-corrected chi connectivity index (χ4v) is 2.65. The van der Waals surface area contributed by atoms with Crippen molar-refractivity contribution in [3.63, 3.8) is 0 Å². The molecule has 0 radical (unpaired) electrons. The van der Waals surface area contributed by atoms with E-state index < -0.39 is 5.97 Å². The van der Waals surface area contributed by atoms with E-state index in [0.29, 0.717) is 10.3 Å². The molecule has 0 spiro atoms. The molecular weight excluding hydrogens is 354 g/mol. The van der Waals surface area contributed by atoms with Gasteiger partial charge in [-0.05, 0) is 40.9 Å². The molecule has 1 aliphatic carbocycles. The Kier molecular flexibility index (Phi) is 6.18. The Balaban J connectivity index is 1.96. The number of pyridine rings is 1. The van der Waals surface area contributed by atoms with Gasteiger partial charge in [-0.25, -0.2) is 9.78 Å². The molecule has 1 saturated carbocycles. The Hall–Kier alpha value is -1.63. The minimum absolute atomic E-state index is 0.0505. The maximum absolute atomic E-state index is 12.0. The van der Waals surface area contributed by atoms with Gasteiger partial charge < -0.3 is 4.74 Å². The van der Waals surface area contributed by atoms with Crippen LogP contribution in [-0.2, 0) is 25.8 Å². The third-order valence-electron chi connectivity index (χ3n) is 3.46. The van der Waals surface area contributed by atoms with Crippen LogP contribution in [0.1, 0.15) is 44.7 Å². The van der Waals surface area contributed by atoms with E-state index in [4.69, 9.17) is 14.5 Å².